The predicted molar refractivity (Wildman–Crippen MR) is 119 cm³/mol. The van der Waals surface area contributed by atoms with Crippen LogP contribution in [-0.2, 0) is 6.42 Å². The van der Waals surface area contributed by atoms with Crippen LogP contribution in [0.5, 0.6) is 0 Å². The number of likely N-dealkylation sites (tertiary alicyclic amines) is 1. The van der Waals surface area contributed by atoms with Crippen LogP contribution in [0.3, 0.4) is 0 Å². The Morgan fingerprint density at radius 3 is 2.44 bits per heavy atom. The topological polar surface area (TPSA) is 39.7 Å². The standard InChI is InChI=1S/C20H34N4.HI/c1-3-24-16-12-19(13-17-24)11-15-23-20(21-2)22-14-7-10-18-8-5-4-6-9-18;/h4-6,8-9,19H,3,7,10-17H2,1-2H3,(H2,21,22,23);1H. The molecule has 0 aliphatic carbocycles. The van der Waals surface area contributed by atoms with Gasteiger partial charge in [-0.1, -0.05) is 37.3 Å². The number of nitrogens with zero attached hydrogens (tertiary/aromatic N) is 2. The summed E-state index contributed by atoms with van der Waals surface area (Å²) < 4.78 is 0. The van der Waals surface area contributed by atoms with E-state index in [1.807, 2.05) is 7.05 Å². The number of piperidine rings is 1. The Hall–Kier alpha value is -0.820. The first-order valence-corrected chi connectivity index (χ1v) is 9.52. The summed E-state index contributed by atoms with van der Waals surface area (Å²) >= 11 is 0. The van der Waals surface area contributed by atoms with Gasteiger partial charge in [0.2, 0.25) is 0 Å². The molecule has 0 bridgehead atoms. The zero-order chi connectivity index (χ0) is 17.0. The molecule has 2 N–H and O–H groups in total. The van der Waals surface area contributed by atoms with E-state index in [1.54, 1.807) is 0 Å². The monoisotopic (exact) mass is 458 g/mol. The van der Waals surface area contributed by atoms with Gasteiger partial charge in [0, 0.05) is 20.1 Å². The van der Waals surface area contributed by atoms with E-state index in [0.29, 0.717) is 0 Å². The average molecular weight is 458 g/mol. The lowest BCUT2D eigenvalue weighted by Crippen LogP contribution is -2.39. The van der Waals surface area contributed by atoms with Crippen LogP contribution < -0.4 is 10.6 Å². The van der Waals surface area contributed by atoms with E-state index in [4.69, 9.17) is 0 Å². The minimum Gasteiger partial charge on any atom is -0.356 e. The predicted octanol–water partition coefficient (Wildman–Crippen LogP) is 3.52. The molecule has 5 heteroatoms. The minimum absolute atomic E-state index is 0. The molecule has 1 aromatic rings. The molecule has 1 aromatic carbocycles. The molecule has 4 nitrogen and oxygen atoms in total. The molecule has 0 saturated carbocycles. The van der Waals surface area contributed by atoms with Crippen molar-refractivity contribution in [3.63, 3.8) is 0 Å². The van der Waals surface area contributed by atoms with E-state index in [-0.39, 0.29) is 24.0 Å². The first-order valence-electron chi connectivity index (χ1n) is 9.52. The third kappa shape index (κ3) is 8.90. The first-order chi connectivity index (χ1) is 11.8. The molecular formula is C20H35IN4. The van der Waals surface area contributed by atoms with Gasteiger partial charge in [-0.05, 0) is 63.2 Å². The molecule has 0 atom stereocenters. The SMILES string of the molecule is CCN1CCC(CCNC(=NC)NCCCc2ccccc2)CC1.I. The molecule has 1 aliphatic rings. The van der Waals surface area contributed by atoms with Crippen molar-refractivity contribution < 1.29 is 0 Å². The second-order valence-corrected chi connectivity index (χ2v) is 6.68. The molecule has 0 amide bonds. The maximum atomic E-state index is 4.33. The number of hydrogen-bond acceptors (Lipinski definition) is 2. The number of halogens is 1. The molecule has 1 aliphatic heterocycles. The Labute approximate surface area is 170 Å². The Morgan fingerprint density at radius 1 is 1.12 bits per heavy atom. The van der Waals surface area contributed by atoms with Crippen molar-refractivity contribution in [3.05, 3.63) is 35.9 Å². The number of aliphatic imine (C=N–C) groups is 1. The second-order valence-electron chi connectivity index (χ2n) is 6.68. The summed E-state index contributed by atoms with van der Waals surface area (Å²) in [5, 5.41) is 6.89. The fourth-order valence-corrected chi connectivity index (χ4v) is 3.35. The van der Waals surface area contributed by atoms with Gasteiger partial charge in [-0.25, -0.2) is 0 Å². The highest BCUT2D eigenvalue weighted by molar-refractivity contribution is 14.0. The number of aryl methyl sites for hydroxylation is 1. The smallest absolute Gasteiger partial charge is 0.190 e. The van der Waals surface area contributed by atoms with Crippen molar-refractivity contribution in [1.82, 2.24) is 15.5 Å². The Bertz CT molecular complexity index is 470. The minimum atomic E-state index is 0. The third-order valence-electron chi connectivity index (χ3n) is 5.00. The molecule has 2 rings (SSSR count). The second kappa shape index (κ2) is 13.4. The number of benzene rings is 1. The van der Waals surface area contributed by atoms with E-state index in [2.05, 4.69) is 57.8 Å². The number of hydrogen-bond donors (Lipinski definition) is 2. The maximum Gasteiger partial charge on any atom is 0.190 e. The highest BCUT2D eigenvalue weighted by Crippen LogP contribution is 2.19. The summed E-state index contributed by atoms with van der Waals surface area (Å²) in [6, 6.07) is 10.7. The van der Waals surface area contributed by atoms with Crippen LogP contribution in [0.1, 0.15) is 38.2 Å². The molecule has 1 heterocycles. The van der Waals surface area contributed by atoms with Gasteiger partial charge in [-0.3, -0.25) is 4.99 Å². The highest BCUT2D eigenvalue weighted by Gasteiger charge is 2.17. The highest BCUT2D eigenvalue weighted by atomic mass is 127. The summed E-state index contributed by atoms with van der Waals surface area (Å²) in [6.07, 6.45) is 6.18. The zero-order valence-electron chi connectivity index (χ0n) is 15.8. The van der Waals surface area contributed by atoms with E-state index >= 15 is 0 Å². The van der Waals surface area contributed by atoms with Gasteiger partial charge >= 0.3 is 0 Å². The van der Waals surface area contributed by atoms with Crippen LogP contribution in [0.15, 0.2) is 35.3 Å². The molecule has 0 unspecified atom stereocenters. The van der Waals surface area contributed by atoms with E-state index in [9.17, 15) is 0 Å². The van der Waals surface area contributed by atoms with Gasteiger partial charge in [0.05, 0.1) is 0 Å². The summed E-state index contributed by atoms with van der Waals surface area (Å²) in [6.45, 7) is 7.99. The van der Waals surface area contributed by atoms with Gasteiger partial charge in [0.15, 0.2) is 5.96 Å². The molecular weight excluding hydrogens is 423 g/mol. The normalized spacial score (nSPS) is 16.3. The lowest BCUT2D eigenvalue weighted by atomic mass is 9.93. The van der Waals surface area contributed by atoms with Crippen LogP contribution in [0, 0.1) is 5.92 Å². The third-order valence-corrected chi connectivity index (χ3v) is 5.00. The molecule has 0 radical (unpaired) electrons. The van der Waals surface area contributed by atoms with Crippen LogP contribution in [0.4, 0.5) is 0 Å². The van der Waals surface area contributed by atoms with Crippen molar-refractivity contribution in [3.8, 4) is 0 Å². The van der Waals surface area contributed by atoms with Gasteiger partial charge in [0.25, 0.3) is 0 Å². The lowest BCUT2D eigenvalue weighted by Gasteiger charge is -2.31. The van der Waals surface area contributed by atoms with E-state index in [1.165, 1.54) is 44.5 Å². The van der Waals surface area contributed by atoms with Crippen LogP contribution >= 0.6 is 24.0 Å². The van der Waals surface area contributed by atoms with Crippen LogP contribution in [0.2, 0.25) is 0 Å². The molecule has 25 heavy (non-hydrogen) atoms. The average Bonchev–Trinajstić information content (AvgIpc) is 2.65. The summed E-state index contributed by atoms with van der Waals surface area (Å²) in [4.78, 5) is 6.88. The van der Waals surface area contributed by atoms with Crippen molar-refractivity contribution in [2.75, 3.05) is 39.8 Å². The zero-order valence-corrected chi connectivity index (χ0v) is 18.2. The van der Waals surface area contributed by atoms with Crippen molar-refractivity contribution in [1.29, 1.82) is 0 Å². The van der Waals surface area contributed by atoms with Gasteiger partial charge in [0.1, 0.15) is 0 Å². The Kier molecular flexibility index (Phi) is 11.9. The van der Waals surface area contributed by atoms with Gasteiger partial charge in [-0.15, -0.1) is 24.0 Å². The maximum absolute atomic E-state index is 4.33. The molecule has 142 valence electrons. The first kappa shape index (κ1) is 22.2. The van der Waals surface area contributed by atoms with Crippen molar-refractivity contribution in [2.24, 2.45) is 10.9 Å². The fourth-order valence-electron chi connectivity index (χ4n) is 3.35. The number of guanidine groups is 1. The quantitative estimate of drug-likeness (QED) is 0.271. The number of nitrogens with one attached hydrogen (secondary N) is 2. The largest absolute Gasteiger partial charge is 0.356 e. The fraction of sp³-hybridized carbons (Fsp3) is 0.650. The lowest BCUT2D eigenvalue weighted by molar-refractivity contribution is 0.187. The molecule has 0 aromatic heterocycles. The molecule has 1 saturated heterocycles. The van der Waals surface area contributed by atoms with E-state index < -0.39 is 0 Å². The molecule has 1 fully saturated rings. The van der Waals surface area contributed by atoms with Crippen LogP contribution in [0.25, 0.3) is 0 Å². The summed E-state index contributed by atoms with van der Waals surface area (Å²) in [5.41, 5.74) is 1.40. The summed E-state index contributed by atoms with van der Waals surface area (Å²) in [5.74, 6) is 1.81. The Morgan fingerprint density at radius 2 is 1.80 bits per heavy atom. The Balaban J connectivity index is 0.00000312. The summed E-state index contributed by atoms with van der Waals surface area (Å²) in [7, 11) is 1.85. The van der Waals surface area contributed by atoms with Gasteiger partial charge < -0.3 is 15.5 Å². The van der Waals surface area contributed by atoms with Crippen molar-refractivity contribution >= 4 is 29.9 Å². The van der Waals surface area contributed by atoms with E-state index in [0.717, 1.165) is 37.8 Å². The van der Waals surface area contributed by atoms with Crippen molar-refractivity contribution in [2.45, 2.75) is 39.0 Å². The van der Waals surface area contributed by atoms with Crippen LogP contribution in [-0.4, -0.2) is 50.6 Å². The van der Waals surface area contributed by atoms with Gasteiger partial charge in [-0.2, -0.15) is 0 Å². The number of rotatable bonds is 8. The molecule has 0 spiro atoms.